The van der Waals surface area contributed by atoms with E-state index in [9.17, 15) is 0 Å². The zero-order valence-corrected chi connectivity index (χ0v) is 12.4. The molecule has 1 aliphatic carbocycles. The van der Waals surface area contributed by atoms with Crippen molar-refractivity contribution in [2.45, 2.75) is 59.0 Å². The van der Waals surface area contributed by atoms with Crippen LogP contribution >= 0.6 is 0 Å². The first-order valence-electron chi connectivity index (χ1n) is 7.55. The lowest BCUT2D eigenvalue weighted by atomic mass is 10.2. The largest absolute Gasteiger partial charge is 0.341 e. The van der Waals surface area contributed by atoms with Crippen molar-refractivity contribution in [2.24, 2.45) is 0 Å². The molecule has 0 atom stereocenters. The highest BCUT2D eigenvalue weighted by atomic mass is 15.2. The molecule has 2 rings (SSSR count). The number of hydrogen-bond donors (Lipinski definition) is 1. The SMILES string of the molecule is CCCN(CCC)c1ncc(CNC2CC2)c(C)n1. The van der Waals surface area contributed by atoms with Gasteiger partial charge < -0.3 is 10.2 Å². The molecule has 1 aromatic heterocycles. The summed E-state index contributed by atoms with van der Waals surface area (Å²) >= 11 is 0. The molecular formula is C15H26N4. The molecule has 19 heavy (non-hydrogen) atoms. The lowest BCUT2D eigenvalue weighted by Gasteiger charge is -2.22. The monoisotopic (exact) mass is 262 g/mol. The third-order valence-electron chi connectivity index (χ3n) is 3.50. The first-order valence-corrected chi connectivity index (χ1v) is 7.55. The molecule has 1 saturated carbocycles. The Morgan fingerprint density at radius 1 is 1.26 bits per heavy atom. The predicted molar refractivity (Wildman–Crippen MR) is 79.4 cm³/mol. The van der Waals surface area contributed by atoms with Gasteiger partial charge in [-0.1, -0.05) is 13.8 Å². The van der Waals surface area contributed by atoms with Gasteiger partial charge in [0.2, 0.25) is 5.95 Å². The summed E-state index contributed by atoms with van der Waals surface area (Å²) in [7, 11) is 0. The Kier molecular flexibility index (Phi) is 5.14. The second-order valence-corrected chi connectivity index (χ2v) is 5.42. The van der Waals surface area contributed by atoms with E-state index >= 15 is 0 Å². The number of nitrogens with zero attached hydrogens (tertiary/aromatic N) is 3. The highest BCUT2D eigenvalue weighted by molar-refractivity contribution is 5.32. The summed E-state index contributed by atoms with van der Waals surface area (Å²) in [5.74, 6) is 0.886. The lowest BCUT2D eigenvalue weighted by molar-refractivity contribution is 0.674. The fourth-order valence-corrected chi connectivity index (χ4v) is 2.20. The van der Waals surface area contributed by atoms with E-state index in [1.54, 1.807) is 0 Å². The van der Waals surface area contributed by atoms with Crippen molar-refractivity contribution in [3.05, 3.63) is 17.5 Å². The standard InChI is InChI=1S/C15H26N4/c1-4-8-19(9-5-2)15-17-11-13(12(3)18-15)10-16-14-6-7-14/h11,14,16H,4-10H2,1-3H3. The maximum atomic E-state index is 4.68. The van der Waals surface area contributed by atoms with Gasteiger partial charge in [-0.05, 0) is 32.6 Å². The van der Waals surface area contributed by atoms with E-state index in [0.717, 1.165) is 50.2 Å². The molecule has 1 aliphatic rings. The maximum absolute atomic E-state index is 4.68. The van der Waals surface area contributed by atoms with Crippen molar-refractivity contribution in [3.8, 4) is 0 Å². The minimum absolute atomic E-state index is 0.732. The van der Waals surface area contributed by atoms with E-state index in [0.29, 0.717) is 0 Å². The Hall–Kier alpha value is -1.16. The third-order valence-corrected chi connectivity index (χ3v) is 3.50. The smallest absolute Gasteiger partial charge is 0.225 e. The number of nitrogens with one attached hydrogen (secondary N) is 1. The van der Waals surface area contributed by atoms with E-state index in [1.807, 2.05) is 6.20 Å². The topological polar surface area (TPSA) is 41.1 Å². The summed E-state index contributed by atoms with van der Waals surface area (Å²) in [5, 5.41) is 3.52. The molecule has 0 spiro atoms. The zero-order valence-electron chi connectivity index (χ0n) is 12.4. The van der Waals surface area contributed by atoms with Crippen LogP contribution in [0.2, 0.25) is 0 Å². The molecule has 0 radical (unpaired) electrons. The minimum Gasteiger partial charge on any atom is -0.341 e. The van der Waals surface area contributed by atoms with Crippen LogP contribution in [0.4, 0.5) is 5.95 Å². The first kappa shape index (κ1) is 14.3. The van der Waals surface area contributed by atoms with Gasteiger partial charge in [0.15, 0.2) is 0 Å². The molecule has 0 saturated heterocycles. The number of anilines is 1. The Balaban J connectivity index is 2.02. The molecule has 0 aromatic carbocycles. The third kappa shape index (κ3) is 4.16. The first-order chi connectivity index (χ1) is 9.24. The molecule has 0 aliphatic heterocycles. The number of aryl methyl sites for hydroxylation is 1. The normalized spacial score (nSPS) is 14.7. The van der Waals surface area contributed by atoms with Gasteiger partial charge in [0.1, 0.15) is 0 Å². The van der Waals surface area contributed by atoms with E-state index < -0.39 is 0 Å². The molecule has 4 nitrogen and oxygen atoms in total. The van der Waals surface area contributed by atoms with E-state index in [2.05, 4.69) is 41.0 Å². The van der Waals surface area contributed by atoms with Crippen molar-refractivity contribution in [3.63, 3.8) is 0 Å². The van der Waals surface area contributed by atoms with Crippen LogP contribution in [0.25, 0.3) is 0 Å². The van der Waals surface area contributed by atoms with Gasteiger partial charge in [-0.25, -0.2) is 9.97 Å². The minimum atomic E-state index is 0.732. The Bertz CT molecular complexity index is 395. The second kappa shape index (κ2) is 6.85. The Morgan fingerprint density at radius 3 is 2.47 bits per heavy atom. The Labute approximate surface area is 116 Å². The zero-order chi connectivity index (χ0) is 13.7. The van der Waals surface area contributed by atoms with Crippen molar-refractivity contribution in [1.29, 1.82) is 0 Å². The second-order valence-electron chi connectivity index (χ2n) is 5.42. The summed E-state index contributed by atoms with van der Waals surface area (Å²) in [5.41, 5.74) is 2.33. The fraction of sp³-hybridized carbons (Fsp3) is 0.733. The number of aromatic nitrogens is 2. The summed E-state index contributed by atoms with van der Waals surface area (Å²) in [4.78, 5) is 11.5. The summed E-state index contributed by atoms with van der Waals surface area (Å²) in [6.07, 6.45) is 6.89. The van der Waals surface area contributed by atoms with Gasteiger partial charge in [0.25, 0.3) is 0 Å². The lowest BCUT2D eigenvalue weighted by Crippen LogP contribution is -2.27. The van der Waals surface area contributed by atoms with Crippen LogP contribution < -0.4 is 10.2 Å². The summed E-state index contributed by atoms with van der Waals surface area (Å²) < 4.78 is 0. The van der Waals surface area contributed by atoms with Crippen LogP contribution in [0, 0.1) is 6.92 Å². The molecule has 0 unspecified atom stereocenters. The van der Waals surface area contributed by atoms with Gasteiger partial charge in [-0.15, -0.1) is 0 Å². The van der Waals surface area contributed by atoms with Crippen LogP contribution in [0.5, 0.6) is 0 Å². The quantitative estimate of drug-likeness (QED) is 0.782. The molecule has 1 heterocycles. The molecule has 4 heteroatoms. The predicted octanol–water partition coefficient (Wildman–Crippen LogP) is 2.66. The average molecular weight is 262 g/mol. The highest BCUT2D eigenvalue weighted by Gasteiger charge is 2.20. The van der Waals surface area contributed by atoms with E-state index in [4.69, 9.17) is 0 Å². The number of rotatable bonds is 8. The van der Waals surface area contributed by atoms with E-state index in [-0.39, 0.29) is 0 Å². The fourth-order valence-electron chi connectivity index (χ4n) is 2.20. The molecule has 1 aromatic rings. The van der Waals surface area contributed by atoms with Gasteiger partial charge in [0, 0.05) is 43.1 Å². The molecule has 106 valence electrons. The van der Waals surface area contributed by atoms with Crippen LogP contribution in [0.3, 0.4) is 0 Å². The maximum Gasteiger partial charge on any atom is 0.225 e. The van der Waals surface area contributed by atoms with Crippen LogP contribution in [0.15, 0.2) is 6.20 Å². The molecule has 0 amide bonds. The molecular weight excluding hydrogens is 236 g/mol. The van der Waals surface area contributed by atoms with Gasteiger partial charge in [-0.2, -0.15) is 0 Å². The molecule has 1 fully saturated rings. The van der Waals surface area contributed by atoms with Crippen molar-refractivity contribution in [2.75, 3.05) is 18.0 Å². The van der Waals surface area contributed by atoms with Gasteiger partial charge >= 0.3 is 0 Å². The van der Waals surface area contributed by atoms with Crippen LogP contribution in [-0.4, -0.2) is 29.1 Å². The summed E-state index contributed by atoms with van der Waals surface area (Å²) in [6, 6.07) is 0.732. The Morgan fingerprint density at radius 2 is 1.95 bits per heavy atom. The van der Waals surface area contributed by atoms with Crippen LogP contribution in [0.1, 0.15) is 50.8 Å². The van der Waals surface area contributed by atoms with Crippen molar-refractivity contribution < 1.29 is 0 Å². The number of hydrogen-bond acceptors (Lipinski definition) is 4. The van der Waals surface area contributed by atoms with E-state index in [1.165, 1.54) is 18.4 Å². The van der Waals surface area contributed by atoms with Gasteiger partial charge in [0.05, 0.1) is 0 Å². The van der Waals surface area contributed by atoms with Crippen molar-refractivity contribution in [1.82, 2.24) is 15.3 Å². The van der Waals surface area contributed by atoms with Crippen LogP contribution in [-0.2, 0) is 6.54 Å². The van der Waals surface area contributed by atoms with Crippen molar-refractivity contribution >= 4 is 5.95 Å². The van der Waals surface area contributed by atoms with Gasteiger partial charge in [-0.3, -0.25) is 0 Å². The summed E-state index contributed by atoms with van der Waals surface area (Å²) in [6.45, 7) is 9.45. The average Bonchev–Trinajstić information content (AvgIpc) is 3.21. The molecule has 0 bridgehead atoms. The highest BCUT2D eigenvalue weighted by Crippen LogP contribution is 2.20. The molecule has 1 N–H and O–H groups in total.